The number of benzene rings is 3. The molecule has 0 aliphatic carbocycles. The first-order chi connectivity index (χ1) is 14.1. The van der Waals surface area contributed by atoms with Crippen molar-refractivity contribution in [2.75, 3.05) is 23.0 Å². The summed E-state index contributed by atoms with van der Waals surface area (Å²) < 4.78 is 5.39. The van der Waals surface area contributed by atoms with Crippen molar-refractivity contribution in [3.05, 3.63) is 84.4 Å². The minimum Gasteiger partial charge on any atom is -0.494 e. The van der Waals surface area contributed by atoms with E-state index in [-0.39, 0.29) is 11.8 Å². The zero-order valence-electron chi connectivity index (χ0n) is 16.1. The van der Waals surface area contributed by atoms with Crippen LogP contribution in [0.2, 0.25) is 0 Å². The standard InChI is InChI=1S/C23H22N2O3S/c1-2-28-20-12-8-17(9-13-20)22(26)16-29-21-14-10-19(11-15-21)25-23(27)24-18-6-4-3-5-7-18/h3-15H,2,16H2,1H3,(H2,24,25,27). The molecule has 5 nitrogen and oxygen atoms in total. The van der Waals surface area contributed by atoms with Gasteiger partial charge < -0.3 is 15.4 Å². The van der Waals surface area contributed by atoms with Gasteiger partial charge >= 0.3 is 6.03 Å². The third-order valence-corrected chi connectivity index (χ3v) is 5.01. The number of Topliss-reactive ketones (excluding diaryl/α,β-unsaturated/α-hetero) is 1. The number of nitrogens with one attached hydrogen (secondary N) is 2. The number of para-hydroxylation sites is 1. The molecule has 0 saturated carbocycles. The largest absolute Gasteiger partial charge is 0.494 e. The molecule has 3 aromatic rings. The molecule has 29 heavy (non-hydrogen) atoms. The number of carbonyl (C=O) groups excluding carboxylic acids is 2. The first-order valence-electron chi connectivity index (χ1n) is 9.26. The molecule has 0 aliphatic rings. The van der Waals surface area contributed by atoms with E-state index in [1.54, 1.807) is 12.1 Å². The summed E-state index contributed by atoms with van der Waals surface area (Å²) >= 11 is 1.46. The minimum atomic E-state index is -0.303. The van der Waals surface area contributed by atoms with Crippen LogP contribution in [0.4, 0.5) is 16.2 Å². The van der Waals surface area contributed by atoms with Crippen molar-refractivity contribution in [1.82, 2.24) is 0 Å². The van der Waals surface area contributed by atoms with E-state index in [2.05, 4.69) is 10.6 Å². The van der Waals surface area contributed by atoms with Crippen molar-refractivity contribution in [1.29, 1.82) is 0 Å². The van der Waals surface area contributed by atoms with Crippen LogP contribution in [-0.4, -0.2) is 24.2 Å². The third-order valence-electron chi connectivity index (χ3n) is 4.00. The van der Waals surface area contributed by atoms with Crippen LogP contribution in [0.15, 0.2) is 83.8 Å². The highest BCUT2D eigenvalue weighted by Gasteiger charge is 2.08. The lowest BCUT2D eigenvalue weighted by molar-refractivity contribution is 0.102. The Hall–Kier alpha value is -3.25. The van der Waals surface area contributed by atoms with Gasteiger partial charge in [-0.25, -0.2) is 4.79 Å². The summed E-state index contributed by atoms with van der Waals surface area (Å²) in [7, 11) is 0. The van der Waals surface area contributed by atoms with Crippen LogP contribution >= 0.6 is 11.8 Å². The van der Waals surface area contributed by atoms with Gasteiger partial charge in [0.2, 0.25) is 0 Å². The highest BCUT2D eigenvalue weighted by Crippen LogP contribution is 2.22. The number of hydrogen-bond acceptors (Lipinski definition) is 4. The minimum absolute atomic E-state index is 0.0579. The smallest absolute Gasteiger partial charge is 0.323 e. The topological polar surface area (TPSA) is 67.4 Å². The van der Waals surface area contributed by atoms with E-state index in [4.69, 9.17) is 4.74 Å². The Morgan fingerprint density at radius 3 is 2.07 bits per heavy atom. The molecule has 0 radical (unpaired) electrons. The lowest BCUT2D eigenvalue weighted by atomic mass is 10.1. The highest BCUT2D eigenvalue weighted by molar-refractivity contribution is 8.00. The van der Waals surface area contributed by atoms with Crippen LogP contribution in [-0.2, 0) is 0 Å². The summed E-state index contributed by atoms with van der Waals surface area (Å²) in [6, 6.07) is 23.5. The fourth-order valence-corrected chi connectivity index (χ4v) is 3.38. The molecule has 0 bridgehead atoms. The average molecular weight is 407 g/mol. The molecule has 0 aliphatic heterocycles. The Balaban J connectivity index is 1.48. The fourth-order valence-electron chi connectivity index (χ4n) is 2.59. The second-order valence-corrected chi connectivity index (χ2v) is 7.19. The van der Waals surface area contributed by atoms with Crippen molar-refractivity contribution in [2.45, 2.75) is 11.8 Å². The molecular formula is C23H22N2O3S. The first-order valence-corrected chi connectivity index (χ1v) is 10.2. The lowest BCUT2D eigenvalue weighted by Crippen LogP contribution is -2.19. The van der Waals surface area contributed by atoms with Gasteiger partial charge in [-0.1, -0.05) is 18.2 Å². The Labute approximate surface area is 174 Å². The molecule has 0 atom stereocenters. The highest BCUT2D eigenvalue weighted by atomic mass is 32.2. The van der Waals surface area contributed by atoms with Gasteiger partial charge in [0.1, 0.15) is 5.75 Å². The van der Waals surface area contributed by atoms with E-state index >= 15 is 0 Å². The van der Waals surface area contributed by atoms with Crippen LogP contribution in [0.25, 0.3) is 0 Å². The van der Waals surface area contributed by atoms with Gasteiger partial charge in [0.25, 0.3) is 0 Å². The van der Waals surface area contributed by atoms with E-state index in [1.807, 2.05) is 73.7 Å². The summed E-state index contributed by atoms with van der Waals surface area (Å²) in [5, 5.41) is 5.55. The predicted octanol–water partition coefficient (Wildman–Crippen LogP) is 5.70. The summed E-state index contributed by atoms with van der Waals surface area (Å²) in [5.74, 6) is 1.16. The maximum absolute atomic E-state index is 12.3. The molecule has 0 aromatic heterocycles. The number of thioether (sulfide) groups is 1. The zero-order chi connectivity index (χ0) is 20.5. The van der Waals surface area contributed by atoms with Crippen LogP contribution in [0.5, 0.6) is 5.75 Å². The van der Waals surface area contributed by atoms with Crippen molar-refractivity contribution in [3.8, 4) is 5.75 Å². The Kier molecular flexibility index (Phi) is 7.30. The van der Waals surface area contributed by atoms with Crippen molar-refractivity contribution in [2.24, 2.45) is 0 Å². The molecule has 3 aromatic carbocycles. The first kappa shape index (κ1) is 20.5. The van der Waals surface area contributed by atoms with E-state index in [1.165, 1.54) is 11.8 Å². The maximum atomic E-state index is 12.3. The summed E-state index contributed by atoms with van der Waals surface area (Å²) in [4.78, 5) is 25.3. The number of carbonyl (C=O) groups is 2. The normalized spacial score (nSPS) is 10.2. The number of ether oxygens (including phenoxy) is 1. The molecule has 6 heteroatoms. The number of urea groups is 1. The average Bonchev–Trinajstić information content (AvgIpc) is 2.74. The number of anilines is 2. The van der Waals surface area contributed by atoms with E-state index < -0.39 is 0 Å². The summed E-state index contributed by atoms with van der Waals surface area (Å²) in [6.45, 7) is 2.52. The van der Waals surface area contributed by atoms with Gasteiger partial charge in [0.15, 0.2) is 5.78 Å². The molecule has 0 fully saturated rings. The molecule has 0 spiro atoms. The van der Waals surface area contributed by atoms with Gasteiger partial charge in [-0.05, 0) is 67.6 Å². The Bertz CT molecular complexity index is 942. The lowest BCUT2D eigenvalue weighted by Gasteiger charge is -2.08. The number of rotatable bonds is 8. The quantitative estimate of drug-likeness (QED) is 0.372. The monoisotopic (exact) mass is 406 g/mol. The zero-order valence-corrected chi connectivity index (χ0v) is 16.9. The van der Waals surface area contributed by atoms with Crippen molar-refractivity contribution < 1.29 is 14.3 Å². The molecular weight excluding hydrogens is 384 g/mol. The third kappa shape index (κ3) is 6.40. The van der Waals surface area contributed by atoms with Crippen LogP contribution in [0.3, 0.4) is 0 Å². The Morgan fingerprint density at radius 1 is 0.828 bits per heavy atom. The molecule has 3 rings (SSSR count). The number of ketones is 1. The van der Waals surface area contributed by atoms with Crippen LogP contribution < -0.4 is 15.4 Å². The van der Waals surface area contributed by atoms with Crippen molar-refractivity contribution in [3.63, 3.8) is 0 Å². The molecule has 2 amide bonds. The molecule has 2 N–H and O–H groups in total. The van der Waals surface area contributed by atoms with E-state index in [9.17, 15) is 9.59 Å². The van der Waals surface area contributed by atoms with Gasteiger partial charge in [-0.2, -0.15) is 0 Å². The molecule has 0 unspecified atom stereocenters. The second-order valence-electron chi connectivity index (χ2n) is 6.14. The summed E-state index contributed by atoms with van der Waals surface area (Å²) in [5.41, 5.74) is 2.07. The van der Waals surface area contributed by atoms with Gasteiger partial charge in [0, 0.05) is 21.8 Å². The maximum Gasteiger partial charge on any atom is 0.323 e. The predicted molar refractivity (Wildman–Crippen MR) is 118 cm³/mol. The SMILES string of the molecule is CCOc1ccc(C(=O)CSc2ccc(NC(=O)Nc3ccccc3)cc2)cc1. The number of hydrogen-bond donors (Lipinski definition) is 2. The Morgan fingerprint density at radius 2 is 1.45 bits per heavy atom. The van der Waals surface area contributed by atoms with Gasteiger partial charge in [-0.3, -0.25) is 4.79 Å². The van der Waals surface area contributed by atoms with Crippen LogP contribution in [0.1, 0.15) is 17.3 Å². The molecule has 0 heterocycles. The van der Waals surface area contributed by atoms with E-state index in [0.717, 1.165) is 16.3 Å². The van der Waals surface area contributed by atoms with Gasteiger partial charge in [-0.15, -0.1) is 11.8 Å². The van der Waals surface area contributed by atoms with E-state index in [0.29, 0.717) is 23.6 Å². The molecule has 148 valence electrons. The van der Waals surface area contributed by atoms with Gasteiger partial charge in [0.05, 0.1) is 12.4 Å². The molecule has 0 saturated heterocycles. The van der Waals surface area contributed by atoms with Crippen molar-refractivity contribution >= 4 is 35.0 Å². The summed E-state index contributed by atoms with van der Waals surface area (Å²) in [6.07, 6.45) is 0. The van der Waals surface area contributed by atoms with Crippen LogP contribution in [0, 0.1) is 0 Å². The second kappa shape index (κ2) is 10.3. The number of amides is 2. The fraction of sp³-hybridized carbons (Fsp3) is 0.130.